The van der Waals surface area contributed by atoms with E-state index in [1.807, 2.05) is 0 Å². The highest BCUT2D eigenvalue weighted by Gasteiger charge is 2.24. The standard InChI is InChI=1S/C14H12ClN3O4S2/c1-9-2-3-10(6-12(9)15)18-23(19,20)11-4-5-13-14(7-11)24(21,22)17-8-16-13/h2-8,18H,1H3,(H,16,17). The molecule has 0 amide bonds. The number of anilines is 2. The number of rotatable bonds is 3. The Bertz CT molecular complexity index is 1060. The fourth-order valence-corrected chi connectivity index (χ4v) is 4.41. The van der Waals surface area contributed by atoms with Gasteiger partial charge in [0.05, 0.1) is 16.3 Å². The van der Waals surface area contributed by atoms with Crippen molar-refractivity contribution in [2.75, 3.05) is 10.0 Å². The summed E-state index contributed by atoms with van der Waals surface area (Å²) in [5.41, 5.74) is 1.35. The summed E-state index contributed by atoms with van der Waals surface area (Å²) >= 11 is 5.98. The Kier molecular flexibility index (Phi) is 4.02. The number of hydrogen-bond acceptors (Lipinski definition) is 5. The predicted molar refractivity (Wildman–Crippen MR) is 92.7 cm³/mol. The van der Waals surface area contributed by atoms with Crippen molar-refractivity contribution in [3.05, 3.63) is 47.0 Å². The Morgan fingerprint density at radius 2 is 1.92 bits per heavy atom. The van der Waals surface area contributed by atoms with Crippen LogP contribution in [0.5, 0.6) is 0 Å². The average Bonchev–Trinajstić information content (AvgIpc) is 2.50. The number of hydrogen-bond donors (Lipinski definition) is 2. The molecule has 0 fully saturated rings. The molecule has 0 unspecified atom stereocenters. The minimum Gasteiger partial charge on any atom is -0.345 e. The molecular weight excluding hydrogens is 374 g/mol. The fourth-order valence-electron chi connectivity index (χ4n) is 2.09. The molecule has 0 saturated carbocycles. The molecule has 1 heterocycles. The second kappa shape index (κ2) is 5.76. The van der Waals surface area contributed by atoms with Crippen LogP contribution in [0.4, 0.5) is 11.4 Å². The van der Waals surface area contributed by atoms with Crippen LogP contribution >= 0.6 is 11.6 Å². The first kappa shape index (κ1) is 16.7. The summed E-state index contributed by atoms with van der Waals surface area (Å²) in [4.78, 5) is -0.393. The van der Waals surface area contributed by atoms with E-state index < -0.39 is 20.0 Å². The van der Waals surface area contributed by atoms with Crippen molar-refractivity contribution in [1.82, 2.24) is 0 Å². The SMILES string of the molecule is Cc1ccc(NS(=O)(=O)c2ccc3c(c2)S(=O)(=O)N=CN3)cc1Cl. The van der Waals surface area contributed by atoms with Crippen LogP contribution in [0.25, 0.3) is 0 Å². The maximum atomic E-state index is 12.5. The van der Waals surface area contributed by atoms with Gasteiger partial charge in [-0.25, -0.2) is 8.42 Å². The van der Waals surface area contributed by atoms with Crippen molar-refractivity contribution in [3.8, 4) is 0 Å². The van der Waals surface area contributed by atoms with E-state index in [1.54, 1.807) is 19.1 Å². The van der Waals surface area contributed by atoms with Crippen LogP contribution in [0.3, 0.4) is 0 Å². The van der Waals surface area contributed by atoms with Gasteiger partial charge in [-0.1, -0.05) is 17.7 Å². The zero-order valence-electron chi connectivity index (χ0n) is 12.3. The molecule has 2 aromatic carbocycles. The number of nitrogens with zero attached hydrogens (tertiary/aromatic N) is 1. The molecule has 24 heavy (non-hydrogen) atoms. The summed E-state index contributed by atoms with van der Waals surface area (Å²) in [5.74, 6) is 0. The normalized spacial score (nSPS) is 15.4. The Morgan fingerprint density at radius 1 is 1.17 bits per heavy atom. The van der Waals surface area contributed by atoms with Crippen LogP contribution in [0, 0.1) is 6.92 Å². The van der Waals surface area contributed by atoms with Gasteiger partial charge in [0, 0.05) is 5.02 Å². The van der Waals surface area contributed by atoms with E-state index >= 15 is 0 Å². The van der Waals surface area contributed by atoms with Crippen molar-refractivity contribution in [2.45, 2.75) is 16.7 Å². The number of halogens is 1. The summed E-state index contributed by atoms with van der Waals surface area (Å²) in [5, 5.41) is 3.08. The monoisotopic (exact) mass is 385 g/mol. The molecule has 7 nitrogen and oxygen atoms in total. The second-order valence-electron chi connectivity index (χ2n) is 5.08. The summed E-state index contributed by atoms with van der Waals surface area (Å²) in [6, 6.07) is 8.46. The first-order valence-corrected chi connectivity index (χ1v) is 9.97. The van der Waals surface area contributed by atoms with E-state index in [9.17, 15) is 16.8 Å². The highest BCUT2D eigenvalue weighted by Crippen LogP contribution is 2.29. The van der Waals surface area contributed by atoms with E-state index in [0.717, 1.165) is 18.0 Å². The van der Waals surface area contributed by atoms with Crippen molar-refractivity contribution in [2.24, 2.45) is 4.40 Å². The molecule has 10 heteroatoms. The minimum absolute atomic E-state index is 0.194. The predicted octanol–water partition coefficient (Wildman–Crippen LogP) is 2.59. The zero-order valence-corrected chi connectivity index (χ0v) is 14.7. The smallest absolute Gasteiger partial charge is 0.285 e. The average molecular weight is 386 g/mol. The molecule has 0 atom stereocenters. The molecule has 0 aliphatic carbocycles. The molecule has 2 N–H and O–H groups in total. The lowest BCUT2D eigenvalue weighted by atomic mass is 10.2. The van der Waals surface area contributed by atoms with Gasteiger partial charge in [0.1, 0.15) is 11.2 Å². The van der Waals surface area contributed by atoms with Gasteiger partial charge in [-0.3, -0.25) is 4.72 Å². The zero-order chi connectivity index (χ0) is 17.5. The lowest BCUT2D eigenvalue weighted by molar-refractivity contribution is 0.597. The van der Waals surface area contributed by atoms with Gasteiger partial charge in [0.15, 0.2) is 0 Å². The third kappa shape index (κ3) is 3.10. The van der Waals surface area contributed by atoms with Gasteiger partial charge < -0.3 is 5.32 Å². The molecule has 0 spiro atoms. The van der Waals surface area contributed by atoms with Crippen LogP contribution in [0.15, 0.2) is 50.6 Å². The summed E-state index contributed by atoms with van der Waals surface area (Å²) in [7, 11) is -7.90. The molecule has 126 valence electrons. The molecule has 1 aliphatic rings. The molecule has 1 aliphatic heterocycles. The molecule has 0 saturated heterocycles. The van der Waals surface area contributed by atoms with Gasteiger partial charge in [-0.05, 0) is 42.8 Å². The molecule has 3 rings (SSSR count). The fraction of sp³-hybridized carbons (Fsp3) is 0.0714. The molecule has 0 aromatic heterocycles. The van der Waals surface area contributed by atoms with Crippen LogP contribution in [-0.4, -0.2) is 23.2 Å². The highest BCUT2D eigenvalue weighted by molar-refractivity contribution is 7.93. The van der Waals surface area contributed by atoms with E-state index in [2.05, 4.69) is 14.4 Å². The van der Waals surface area contributed by atoms with Crippen LogP contribution in [0.2, 0.25) is 5.02 Å². The number of aryl methyl sites for hydroxylation is 1. The van der Waals surface area contributed by atoms with Gasteiger partial charge in [-0.15, -0.1) is 4.40 Å². The molecule has 2 aromatic rings. The topological polar surface area (TPSA) is 105 Å². The Morgan fingerprint density at radius 3 is 2.62 bits per heavy atom. The Balaban J connectivity index is 2.01. The van der Waals surface area contributed by atoms with Crippen molar-refractivity contribution >= 4 is 49.4 Å². The first-order chi connectivity index (χ1) is 11.2. The maximum Gasteiger partial charge on any atom is 0.285 e. The van der Waals surface area contributed by atoms with Crippen LogP contribution in [0.1, 0.15) is 5.56 Å². The van der Waals surface area contributed by atoms with E-state index in [1.165, 1.54) is 18.2 Å². The summed E-state index contributed by atoms with van der Waals surface area (Å²) < 4.78 is 54.5. The van der Waals surface area contributed by atoms with Gasteiger partial charge >= 0.3 is 0 Å². The molecule has 0 bridgehead atoms. The minimum atomic E-state index is -3.98. The summed E-state index contributed by atoms with van der Waals surface area (Å²) in [6.07, 6.45) is 1.04. The largest absolute Gasteiger partial charge is 0.345 e. The Labute approximate surface area is 144 Å². The van der Waals surface area contributed by atoms with Crippen molar-refractivity contribution < 1.29 is 16.8 Å². The summed E-state index contributed by atoms with van der Waals surface area (Å²) in [6.45, 7) is 1.79. The van der Waals surface area contributed by atoms with Crippen molar-refractivity contribution in [3.63, 3.8) is 0 Å². The third-order valence-electron chi connectivity index (χ3n) is 3.38. The number of benzene rings is 2. The third-order valence-corrected chi connectivity index (χ3v) is 6.44. The van der Waals surface area contributed by atoms with Gasteiger partial charge in [-0.2, -0.15) is 8.42 Å². The van der Waals surface area contributed by atoms with Crippen LogP contribution in [-0.2, 0) is 20.0 Å². The molecular formula is C14H12ClN3O4S2. The Hall–Kier alpha value is -2.10. The van der Waals surface area contributed by atoms with Gasteiger partial charge in [0.25, 0.3) is 20.0 Å². The van der Waals surface area contributed by atoms with Crippen molar-refractivity contribution in [1.29, 1.82) is 0 Å². The van der Waals surface area contributed by atoms with E-state index in [0.29, 0.717) is 5.02 Å². The second-order valence-corrected chi connectivity index (χ2v) is 8.77. The van der Waals surface area contributed by atoms with E-state index in [4.69, 9.17) is 11.6 Å². The number of fused-ring (bicyclic) bond motifs is 1. The van der Waals surface area contributed by atoms with E-state index in [-0.39, 0.29) is 21.2 Å². The lowest BCUT2D eigenvalue weighted by Crippen LogP contribution is -2.16. The van der Waals surface area contributed by atoms with Crippen LogP contribution < -0.4 is 10.0 Å². The highest BCUT2D eigenvalue weighted by atomic mass is 35.5. The molecule has 0 radical (unpaired) electrons. The van der Waals surface area contributed by atoms with Gasteiger partial charge in [0.2, 0.25) is 0 Å². The first-order valence-electron chi connectivity index (χ1n) is 6.67. The number of nitrogens with one attached hydrogen (secondary N) is 2. The lowest BCUT2D eigenvalue weighted by Gasteiger charge is -2.14. The number of sulfonamides is 2. The quantitative estimate of drug-likeness (QED) is 0.844. The maximum absolute atomic E-state index is 12.5.